The first-order valence-electron chi connectivity index (χ1n) is 11.4. The van der Waals surface area contributed by atoms with Crippen LogP contribution in [-0.4, -0.2) is 62.6 Å². The molecule has 1 atom stereocenters. The number of benzene rings is 2. The van der Waals surface area contributed by atoms with E-state index >= 15 is 0 Å². The summed E-state index contributed by atoms with van der Waals surface area (Å²) in [6, 6.07) is 11.1. The number of nitro groups is 1. The fourth-order valence-corrected chi connectivity index (χ4v) is 4.43. The van der Waals surface area contributed by atoms with Gasteiger partial charge in [0.15, 0.2) is 0 Å². The van der Waals surface area contributed by atoms with Gasteiger partial charge in [0.1, 0.15) is 18.3 Å². The third-order valence-electron chi connectivity index (χ3n) is 5.45. The lowest BCUT2D eigenvalue weighted by atomic mass is 10.1. The first-order valence-corrected chi connectivity index (χ1v) is 13.3. The summed E-state index contributed by atoms with van der Waals surface area (Å²) in [5.41, 5.74) is 0.383. The van der Waals surface area contributed by atoms with Gasteiger partial charge in [0, 0.05) is 25.2 Å². The molecule has 2 aromatic carbocycles. The Morgan fingerprint density at radius 1 is 1.14 bits per heavy atom. The van der Waals surface area contributed by atoms with Crippen LogP contribution in [0.4, 0.5) is 11.4 Å². The molecular weight excluding hydrogens is 488 g/mol. The van der Waals surface area contributed by atoms with Crippen molar-refractivity contribution in [3.63, 3.8) is 0 Å². The molecule has 0 aromatic heterocycles. The first kappa shape index (κ1) is 28.6. The van der Waals surface area contributed by atoms with E-state index < -0.39 is 33.4 Å². The minimum atomic E-state index is -3.99. The van der Waals surface area contributed by atoms with Crippen molar-refractivity contribution in [1.82, 2.24) is 10.2 Å². The van der Waals surface area contributed by atoms with Crippen molar-refractivity contribution in [2.24, 2.45) is 0 Å². The number of ether oxygens (including phenoxy) is 1. The van der Waals surface area contributed by atoms with Crippen LogP contribution in [0.15, 0.2) is 48.5 Å². The molecule has 0 saturated carbocycles. The lowest BCUT2D eigenvalue weighted by Crippen LogP contribution is -2.52. The van der Waals surface area contributed by atoms with Crippen molar-refractivity contribution in [3.05, 3.63) is 64.2 Å². The molecule has 0 aliphatic rings. The number of anilines is 1. The van der Waals surface area contributed by atoms with Crippen molar-refractivity contribution in [2.45, 2.75) is 39.3 Å². The molecule has 0 fully saturated rings. The fraction of sp³-hybridized carbons (Fsp3) is 0.417. The Morgan fingerprint density at radius 3 is 2.33 bits per heavy atom. The SMILES string of the molecule is CCCNC(=O)C(CC)N(Cc1ccc(OC)cc1)C(=O)CN(c1cccc([N+](=O)[O-])c1)S(C)(=O)=O. The van der Waals surface area contributed by atoms with E-state index in [1.807, 2.05) is 6.92 Å². The van der Waals surface area contributed by atoms with Crippen molar-refractivity contribution in [2.75, 3.05) is 30.8 Å². The summed E-state index contributed by atoms with van der Waals surface area (Å²) >= 11 is 0. The van der Waals surface area contributed by atoms with Gasteiger partial charge in [-0.05, 0) is 36.6 Å². The quantitative estimate of drug-likeness (QED) is 0.316. The molecule has 36 heavy (non-hydrogen) atoms. The number of carbonyl (C=O) groups excluding carboxylic acids is 2. The molecule has 2 amide bonds. The molecule has 2 aromatic rings. The maximum Gasteiger partial charge on any atom is 0.271 e. The Bertz CT molecular complexity index is 1170. The van der Waals surface area contributed by atoms with Gasteiger partial charge < -0.3 is 15.0 Å². The van der Waals surface area contributed by atoms with Crippen LogP contribution in [0.25, 0.3) is 0 Å². The zero-order valence-corrected chi connectivity index (χ0v) is 21.7. The van der Waals surface area contributed by atoms with Gasteiger partial charge in [-0.2, -0.15) is 0 Å². The van der Waals surface area contributed by atoms with Gasteiger partial charge in [0.05, 0.1) is 24.0 Å². The highest BCUT2D eigenvalue weighted by atomic mass is 32.2. The maximum atomic E-state index is 13.6. The molecule has 1 N–H and O–H groups in total. The number of non-ortho nitro benzene ring substituents is 1. The average molecular weight is 521 g/mol. The molecule has 2 rings (SSSR count). The predicted octanol–water partition coefficient (Wildman–Crippen LogP) is 2.70. The highest BCUT2D eigenvalue weighted by molar-refractivity contribution is 7.92. The van der Waals surface area contributed by atoms with E-state index in [1.54, 1.807) is 31.2 Å². The van der Waals surface area contributed by atoms with Crippen molar-refractivity contribution in [3.8, 4) is 5.75 Å². The van der Waals surface area contributed by atoms with E-state index in [1.165, 1.54) is 30.2 Å². The number of hydrogen-bond donors (Lipinski definition) is 1. The maximum absolute atomic E-state index is 13.6. The Morgan fingerprint density at radius 2 is 1.81 bits per heavy atom. The number of rotatable bonds is 13. The third kappa shape index (κ3) is 7.67. The molecule has 0 saturated heterocycles. The second-order valence-electron chi connectivity index (χ2n) is 8.13. The molecule has 0 spiro atoms. The molecule has 11 nitrogen and oxygen atoms in total. The zero-order valence-electron chi connectivity index (χ0n) is 20.8. The van der Waals surface area contributed by atoms with Gasteiger partial charge in [-0.3, -0.25) is 24.0 Å². The molecule has 0 aliphatic heterocycles. The normalized spacial score (nSPS) is 11.9. The molecule has 1 unspecified atom stereocenters. The summed E-state index contributed by atoms with van der Waals surface area (Å²) in [4.78, 5) is 38.4. The van der Waals surface area contributed by atoms with Gasteiger partial charge >= 0.3 is 0 Å². The monoisotopic (exact) mass is 520 g/mol. The number of hydrogen-bond acceptors (Lipinski definition) is 7. The van der Waals surface area contributed by atoms with Crippen molar-refractivity contribution < 1.29 is 27.7 Å². The largest absolute Gasteiger partial charge is 0.497 e. The number of carbonyl (C=O) groups is 2. The van der Waals surface area contributed by atoms with Crippen molar-refractivity contribution >= 4 is 33.2 Å². The molecule has 0 heterocycles. The highest BCUT2D eigenvalue weighted by Crippen LogP contribution is 2.24. The van der Waals surface area contributed by atoms with E-state index in [4.69, 9.17) is 4.74 Å². The smallest absolute Gasteiger partial charge is 0.271 e. The fourth-order valence-electron chi connectivity index (χ4n) is 3.59. The van der Waals surface area contributed by atoms with Crippen LogP contribution in [0.1, 0.15) is 32.3 Å². The van der Waals surface area contributed by atoms with Crippen LogP contribution in [0.3, 0.4) is 0 Å². The Kier molecular flexibility index (Phi) is 10.2. The summed E-state index contributed by atoms with van der Waals surface area (Å²) in [7, 11) is -2.46. The first-order chi connectivity index (χ1) is 17.0. The van der Waals surface area contributed by atoms with Crippen LogP contribution in [0.2, 0.25) is 0 Å². The molecule has 0 radical (unpaired) electrons. The van der Waals surface area contributed by atoms with Crippen LogP contribution in [0, 0.1) is 10.1 Å². The van der Waals surface area contributed by atoms with Gasteiger partial charge in [0.2, 0.25) is 21.8 Å². The topological polar surface area (TPSA) is 139 Å². The molecule has 0 aliphatic carbocycles. The number of nitro benzene ring substituents is 1. The number of nitrogens with one attached hydrogen (secondary N) is 1. The van der Waals surface area contributed by atoms with Gasteiger partial charge in [0.25, 0.3) is 5.69 Å². The second-order valence-corrected chi connectivity index (χ2v) is 10.0. The van der Waals surface area contributed by atoms with Crippen LogP contribution in [0.5, 0.6) is 5.75 Å². The zero-order chi connectivity index (χ0) is 26.9. The number of sulfonamides is 1. The van der Waals surface area contributed by atoms with E-state index in [9.17, 15) is 28.1 Å². The molecular formula is C24H32N4O7S. The van der Waals surface area contributed by atoms with Gasteiger partial charge in [-0.15, -0.1) is 0 Å². The third-order valence-corrected chi connectivity index (χ3v) is 6.60. The number of methoxy groups -OCH3 is 1. The predicted molar refractivity (Wildman–Crippen MR) is 136 cm³/mol. The van der Waals surface area contributed by atoms with E-state index in [0.717, 1.165) is 16.6 Å². The highest BCUT2D eigenvalue weighted by Gasteiger charge is 2.32. The summed E-state index contributed by atoms with van der Waals surface area (Å²) in [6.45, 7) is 3.52. The molecule has 0 bridgehead atoms. The van der Waals surface area contributed by atoms with Crippen LogP contribution < -0.4 is 14.4 Å². The number of amides is 2. The Balaban J connectivity index is 2.45. The van der Waals surface area contributed by atoms with Crippen LogP contribution in [-0.2, 0) is 26.2 Å². The lowest BCUT2D eigenvalue weighted by molar-refractivity contribution is -0.384. The second kappa shape index (κ2) is 12.9. The molecule has 196 valence electrons. The van der Waals surface area contributed by atoms with Crippen molar-refractivity contribution in [1.29, 1.82) is 0 Å². The van der Waals surface area contributed by atoms with Crippen LogP contribution >= 0.6 is 0 Å². The summed E-state index contributed by atoms with van der Waals surface area (Å²) in [6.07, 6.45) is 1.93. The lowest BCUT2D eigenvalue weighted by Gasteiger charge is -2.32. The minimum absolute atomic E-state index is 0.0204. The van der Waals surface area contributed by atoms with E-state index in [2.05, 4.69) is 5.32 Å². The standard InChI is InChI=1S/C24H32N4O7S/c1-5-14-25-24(30)22(6-2)26(16-18-10-12-21(35-3)13-11-18)23(29)17-27(36(4,33)34)19-8-7-9-20(15-19)28(31)32/h7-13,15,22H,5-6,14,16-17H2,1-4H3,(H,25,30). The molecule has 12 heteroatoms. The Labute approximate surface area is 211 Å². The Hall–Kier alpha value is -3.67. The average Bonchev–Trinajstić information content (AvgIpc) is 2.85. The number of nitrogens with zero attached hydrogens (tertiary/aromatic N) is 3. The minimum Gasteiger partial charge on any atom is -0.497 e. The van der Waals surface area contributed by atoms with E-state index in [0.29, 0.717) is 30.7 Å². The summed E-state index contributed by atoms with van der Waals surface area (Å²) < 4.78 is 31.2. The van der Waals surface area contributed by atoms with E-state index in [-0.39, 0.29) is 23.8 Å². The summed E-state index contributed by atoms with van der Waals surface area (Å²) in [5.74, 6) is -0.345. The summed E-state index contributed by atoms with van der Waals surface area (Å²) in [5, 5.41) is 14.0. The van der Waals surface area contributed by atoms with Gasteiger partial charge in [-0.25, -0.2) is 8.42 Å². The van der Waals surface area contributed by atoms with Gasteiger partial charge in [-0.1, -0.05) is 32.0 Å².